The number of fused-ring (bicyclic) bond motifs is 1. The molecule has 0 radical (unpaired) electrons. The molecule has 0 aromatic heterocycles. The molecule has 2 saturated heterocycles. The molecule has 4 rings (SSSR count). The zero-order valence-electron chi connectivity index (χ0n) is 17.6. The minimum atomic E-state index is -0.424. The van der Waals surface area contributed by atoms with Crippen LogP contribution in [0.15, 0.2) is 54.6 Å². The third-order valence-electron chi connectivity index (χ3n) is 5.41. The van der Waals surface area contributed by atoms with E-state index in [1.54, 1.807) is 7.11 Å². The minimum absolute atomic E-state index is 0.117. The van der Waals surface area contributed by atoms with Crippen LogP contribution in [0.4, 0.5) is 0 Å². The van der Waals surface area contributed by atoms with Crippen molar-refractivity contribution in [3.05, 3.63) is 60.2 Å². The van der Waals surface area contributed by atoms with Gasteiger partial charge in [-0.1, -0.05) is 43.7 Å². The van der Waals surface area contributed by atoms with E-state index in [0.29, 0.717) is 19.6 Å². The molecule has 2 fully saturated rings. The van der Waals surface area contributed by atoms with Crippen LogP contribution in [0, 0.1) is 0 Å². The maximum atomic E-state index is 6.30. The van der Waals surface area contributed by atoms with Crippen LogP contribution in [0.3, 0.4) is 0 Å². The zero-order chi connectivity index (χ0) is 20.8. The second-order valence-corrected chi connectivity index (χ2v) is 7.57. The van der Waals surface area contributed by atoms with Gasteiger partial charge < -0.3 is 28.4 Å². The number of hydrogen-bond donors (Lipinski definition) is 0. The molecule has 0 amide bonds. The van der Waals surface area contributed by atoms with Crippen molar-refractivity contribution in [2.24, 2.45) is 0 Å². The van der Waals surface area contributed by atoms with E-state index >= 15 is 0 Å². The Morgan fingerprint density at radius 3 is 2.47 bits per heavy atom. The Morgan fingerprint density at radius 2 is 1.73 bits per heavy atom. The second kappa shape index (κ2) is 10.3. The number of benzene rings is 2. The van der Waals surface area contributed by atoms with Crippen molar-refractivity contribution in [1.82, 2.24) is 0 Å². The Kier molecular flexibility index (Phi) is 7.23. The highest BCUT2D eigenvalue weighted by Crippen LogP contribution is 2.36. The van der Waals surface area contributed by atoms with E-state index in [-0.39, 0.29) is 18.3 Å². The molecule has 6 nitrogen and oxygen atoms in total. The normalized spacial score (nSPS) is 28.5. The van der Waals surface area contributed by atoms with Crippen molar-refractivity contribution in [3.8, 4) is 11.5 Å². The van der Waals surface area contributed by atoms with E-state index in [4.69, 9.17) is 28.4 Å². The molecule has 0 N–H and O–H groups in total. The van der Waals surface area contributed by atoms with Gasteiger partial charge in [0, 0.05) is 18.6 Å². The first-order chi connectivity index (χ1) is 14.8. The lowest BCUT2D eigenvalue weighted by Gasteiger charge is -2.45. The number of methoxy groups -OCH3 is 1. The van der Waals surface area contributed by atoms with Gasteiger partial charge in [-0.2, -0.15) is 0 Å². The first-order valence-corrected chi connectivity index (χ1v) is 10.7. The summed E-state index contributed by atoms with van der Waals surface area (Å²) >= 11 is 0. The predicted molar refractivity (Wildman–Crippen MR) is 112 cm³/mol. The molecule has 0 saturated carbocycles. The molecule has 2 aliphatic rings. The van der Waals surface area contributed by atoms with Crippen molar-refractivity contribution in [2.75, 3.05) is 20.3 Å². The highest BCUT2D eigenvalue weighted by atomic mass is 16.7. The summed E-state index contributed by atoms with van der Waals surface area (Å²) in [5.41, 5.74) is 1.000. The van der Waals surface area contributed by atoms with Crippen LogP contribution < -0.4 is 9.47 Å². The average molecular weight is 414 g/mol. The summed E-state index contributed by atoms with van der Waals surface area (Å²) in [7, 11) is 1.64. The molecule has 0 bridgehead atoms. The standard InChI is InChI=1S/C24H30O6/c1-3-4-14-26-20-15-22(28-19-12-10-18(25-2)11-13-19)29-21-16-27-24(30-23(20)21)17-8-6-5-7-9-17/h5-13,20-24H,3-4,14-16H2,1-2H3/t20-,21?,22+,23+,24?/m1/s1. The lowest BCUT2D eigenvalue weighted by molar-refractivity contribution is -0.331. The van der Waals surface area contributed by atoms with E-state index in [0.717, 1.165) is 29.9 Å². The molecule has 162 valence electrons. The van der Waals surface area contributed by atoms with Crippen LogP contribution in [0.1, 0.15) is 38.0 Å². The fraction of sp³-hybridized carbons (Fsp3) is 0.500. The lowest BCUT2D eigenvalue weighted by Crippen LogP contribution is -2.56. The van der Waals surface area contributed by atoms with Crippen LogP contribution in [0.25, 0.3) is 0 Å². The summed E-state index contributed by atoms with van der Waals surface area (Å²) in [5, 5.41) is 0. The Balaban J connectivity index is 1.44. The first-order valence-electron chi connectivity index (χ1n) is 10.7. The Hall–Kier alpha value is -2.12. The van der Waals surface area contributed by atoms with Crippen molar-refractivity contribution < 1.29 is 28.4 Å². The molecule has 2 aromatic carbocycles. The van der Waals surface area contributed by atoms with Gasteiger partial charge in [0.1, 0.15) is 23.7 Å². The van der Waals surface area contributed by atoms with E-state index in [1.165, 1.54) is 0 Å². The largest absolute Gasteiger partial charge is 0.497 e. The molecule has 6 heteroatoms. The maximum Gasteiger partial charge on any atom is 0.202 e. The zero-order valence-corrected chi connectivity index (χ0v) is 17.6. The predicted octanol–water partition coefficient (Wildman–Crippen LogP) is 4.49. The number of unbranched alkanes of at least 4 members (excludes halogenated alkanes) is 1. The summed E-state index contributed by atoms with van der Waals surface area (Å²) in [6, 6.07) is 17.5. The van der Waals surface area contributed by atoms with Gasteiger partial charge in [-0.15, -0.1) is 0 Å². The van der Waals surface area contributed by atoms with Crippen LogP contribution >= 0.6 is 0 Å². The molecule has 2 unspecified atom stereocenters. The van der Waals surface area contributed by atoms with E-state index in [9.17, 15) is 0 Å². The SMILES string of the molecule is CCCCO[C@@H]1C[C@@H](Oc2ccc(OC)cc2)OC2COC(c3ccccc3)O[C@H]21. The van der Waals surface area contributed by atoms with Crippen molar-refractivity contribution in [3.63, 3.8) is 0 Å². The topological polar surface area (TPSA) is 55.4 Å². The summed E-state index contributed by atoms with van der Waals surface area (Å²) in [4.78, 5) is 0. The van der Waals surface area contributed by atoms with E-state index in [2.05, 4.69) is 6.92 Å². The van der Waals surface area contributed by atoms with Gasteiger partial charge in [0.25, 0.3) is 0 Å². The summed E-state index contributed by atoms with van der Waals surface area (Å²) < 4.78 is 36.0. The number of rotatable bonds is 8. The van der Waals surface area contributed by atoms with E-state index < -0.39 is 12.6 Å². The highest BCUT2D eigenvalue weighted by Gasteiger charge is 2.45. The van der Waals surface area contributed by atoms with Gasteiger partial charge in [0.2, 0.25) is 6.29 Å². The Morgan fingerprint density at radius 1 is 0.967 bits per heavy atom. The molecule has 2 heterocycles. The molecule has 0 spiro atoms. The Labute approximate surface area is 178 Å². The minimum Gasteiger partial charge on any atom is -0.497 e. The molecular formula is C24H30O6. The molecule has 0 aliphatic carbocycles. The summed E-state index contributed by atoms with van der Waals surface area (Å²) in [5.74, 6) is 1.51. The van der Waals surface area contributed by atoms with Gasteiger partial charge in [0.05, 0.1) is 19.8 Å². The Bertz CT molecular complexity index is 765. The fourth-order valence-corrected chi connectivity index (χ4v) is 3.77. The molecular weight excluding hydrogens is 384 g/mol. The molecule has 2 aliphatic heterocycles. The van der Waals surface area contributed by atoms with Crippen LogP contribution in [0.5, 0.6) is 11.5 Å². The fourth-order valence-electron chi connectivity index (χ4n) is 3.77. The third-order valence-corrected chi connectivity index (χ3v) is 5.41. The van der Waals surface area contributed by atoms with Crippen LogP contribution in [-0.2, 0) is 18.9 Å². The van der Waals surface area contributed by atoms with Crippen LogP contribution in [-0.4, -0.2) is 44.9 Å². The van der Waals surface area contributed by atoms with Gasteiger partial charge >= 0.3 is 0 Å². The highest BCUT2D eigenvalue weighted by molar-refractivity contribution is 5.31. The third kappa shape index (κ3) is 5.13. The van der Waals surface area contributed by atoms with Gasteiger partial charge in [-0.25, -0.2) is 0 Å². The van der Waals surface area contributed by atoms with Gasteiger partial charge in [-0.05, 0) is 30.7 Å². The van der Waals surface area contributed by atoms with Gasteiger partial charge in [0.15, 0.2) is 6.29 Å². The van der Waals surface area contributed by atoms with E-state index in [1.807, 2.05) is 54.6 Å². The van der Waals surface area contributed by atoms with Crippen molar-refractivity contribution >= 4 is 0 Å². The quantitative estimate of drug-likeness (QED) is 0.594. The summed E-state index contributed by atoms with van der Waals surface area (Å²) in [6.45, 7) is 3.28. The smallest absolute Gasteiger partial charge is 0.202 e. The van der Waals surface area contributed by atoms with Crippen LogP contribution in [0.2, 0.25) is 0 Å². The molecule has 30 heavy (non-hydrogen) atoms. The van der Waals surface area contributed by atoms with Crippen molar-refractivity contribution in [1.29, 1.82) is 0 Å². The first kappa shape index (κ1) is 21.1. The average Bonchev–Trinajstić information content (AvgIpc) is 2.80. The lowest BCUT2D eigenvalue weighted by atomic mass is 9.99. The van der Waals surface area contributed by atoms with Crippen molar-refractivity contribution in [2.45, 2.75) is 57.1 Å². The molecule has 2 aromatic rings. The summed E-state index contributed by atoms with van der Waals surface area (Å²) in [6.07, 6.45) is 1.30. The number of hydrogen-bond acceptors (Lipinski definition) is 6. The maximum absolute atomic E-state index is 6.30. The number of ether oxygens (including phenoxy) is 6. The monoisotopic (exact) mass is 414 g/mol. The second-order valence-electron chi connectivity index (χ2n) is 7.57. The van der Waals surface area contributed by atoms with Gasteiger partial charge in [-0.3, -0.25) is 0 Å². The molecule has 5 atom stereocenters.